The van der Waals surface area contributed by atoms with Crippen LogP contribution in [0.25, 0.3) is 0 Å². The number of H-pyrrole nitrogens is 1. The largest absolute Gasteiger partial charge is 0.355 e. The number of rotatable bonds is 8. The molecular weight excluding hydrogens is 481 g/mol. The SMILES string of the molecule is O=C(CSc1ncc(S(=O)(=O)c2cc(Cl)cc(Cl)c2)c(=O)[nH]1)NCCc1ccccc1. The van der Waals surface area contributed by atoms with Gasteiger partial charge in [-0.2, -0.15) is 0 Å². The van der Waals surface area contributed by atoms with Gasteiger partial charge in [-0.05, 0) is 30.2 Å². The fourth-order valence-electron chi connectivity index (χ4n) is 2.62. The lowest BCUT2D eigenvalue weighted by Crippen LogP contribution is -2.27. The first-order valence-corrected chi connectivity index (χ1v) is 12.2. The van der Waals surface area contributed by atoms with Crippen molar-refractivity contribution in [3.8, 4) is 0 Å². The zero-order chi connectivity index (χ0) is 22.4. The quantitative estimate of drug-likeness (QED) is 0.364. The number of benzene rings is 2. The molecule has 0 fully saturated rings. The van der Waals surface area contributed by atoms with Crippen LogP contribution in [-0.2, 0) is 21.1 Å². The van der Waals surface area contributed by atoms with Gasteiger partial charge in [-0.15, -0.1) is 0 Å². The predicted molar refractivity (Wildman–Crippen MR) is 121 cm³/mol. The highest BCUT2D eigenvalue weighted by atomic mass is 35.5. The van der Waals surface area contributed by atoms with Crippen LogP contribution in [-0.4, -0.2) is 36.6 Å². The zero-order valence-corrected chi connectivity index (χ0v) is 19.1. The number of carbonyl (C=O) groups is 1. The maximum Gasteiger partial charge on any atom is 0.270 e. The van der Waals surface area contributed by atoms with Crippen molar-refractivity contribution in [1.82, 2.24) is 15.3 Å². The van der Waals surface area contributed by atoms with Gasteiger partial charge in [0.25, 0.3) is 5.56 Å². The van der Waals surface area contributed by atoms with E-state index >= 15 is 0 Å². The normalized spacial score (nSPS) is 11.3. The van der Waals surface area contributed by atoms with Gasteiger partial charge in [0.15, 0.2) is 10.1 Å². The predicted octanol–water partition coefficient (Wildman–Crippen LogP) is 3.36. The van der Waals surface area contributed by atoms with Crippen LogP contribution in [0.5, 0.6) is 0 Å². The van der Waals surface area contributed by atoms with Gasteiger partial charge in [0.2, 0.25) is 15.7 Å². The summed E-state index contributed by atoms with van der Waals surface area (Å²) in [6.07, 6.45) is 1.66. The van der Waals surface area contributed by atoms with Gasteiger partial charge >= 0.3 is 0 Å². The Labute approximate surface area is 193 Å². The summed E-state index contributed by atoms with van der Waals surface area (Å²) in [5.74, 6) is -0.206. The van der Waals surface area contributed by atoms with Gasteiger partial charge in [-0.25, -0.2) is 13.4 Å². The molecule has 0 aliphatic rings. The van der Waals surface area contributed by atoms with Gasteiger partial charge < -0.3 is 10.3 Å². The first kappa shape index (κ1) is 23.3. The van der Waals surface area contributed by atoms with Crippen molar-refractivity contribution < 1.29 is 13.2 Å². The molecule has 0 atom stereocenters. The Balaban J connectivity index is 1.61. The average Bonchev–Trinajstić information content (AvgIpc) is 2.72. The van der Waals surface area contributed by atoms with Gasteiger partial charge in [-0.1, -0.05) is 65.3 Å². The molecule has 162 valence electrons. The molecule has 0 aliphatic carbocycles. The van der Waals surface area contributed by atoms with E-state index in [9.17, 15) is 18.0 Å². The number of carbonyl (C=O) groups excluding carboxylic acids is 1. The Bertz CT molecular complexity index is 1230. The number of thioether (sulfide) groups is 1. The van der Waals surface area contributed by atoms with Crippen LogP contribution in [0.15, 0.2) is 74.5 Å². The number of nitrogens with zero attached hydrogens (tertiary/aromatic N) is 1. The van der Waals surface area contributed by atoms with Gasteiger partial charge in [0.1, 0.15) is 0 Å². The number of nitrogens with one attached hydrogen (secondary N) is 2. The van der Waals surface area contributed by atoms with Gasteiger partial charge in [0, 0.05) is 16.6 Å². The molecule has 7 nitrogen and oxygen atoms in total. The summed E-state index contributed by atoms with van der Waals surface area (Å²) < 4.78 is 25.4. The lowest BCUT2D eigenvalue weighted by atomic mass is 10.1. The molecule has 0 saturated carbocycles. The number of halogens is 2. The number of hydrogen-bond donors (Lipinski definition) is 2. The highest BCUT2D eigenvalue weighted by molar-refractivity contribution is 7.99. The Hall–Kier alpha value is -2.33. The molecule has 2 N–H and O–H groups in total. The van der Waals surface area contributed by atoms with E-state index in [4.69, 9.17) is 23.2 Å². The summed E-state index contributed by atoms with van der Waals surface area (Å²) in [5.41, 5.74) is 0.261. The molecular formula is C20H17Cl2N3O4S2. The van der Waals surface area contributed by atoms with Crippen molar-refractivity contribution >= 4 is 50.7 Å². The third-order valence-corrected chi connectivity index (χ3v) is 7.15. The molecule has 0 unspecified atom stereocenters. The number of aromatic amines is 1. The van der Waals surface area contributed by atoms with Crippen molar-refractivity contribution in [3.63, 3.8) is 0 Å². The standard InChI is InChI=1S/C20H17Cl2N3O4S2/c21-14-8-15(22)10-16(9-14)31(28,29)17-11-24-20(25-19(17)27)30-12-18(26)23-7-6-13-4-2-1-3-5-13/h1-5,8-11H,6-7,12H2,(H,23,26)(H,24,25,27). The van der Waals surface area contributed by atoms with E-state index < -0.39 is 20.3 Å². The molecule has 11 heteroatoms. The Morgan fingerprint density at radius 2 is 1.77 bits per heavy atom. The molecule has 3 rings (SSSR count). The Morgan fingerprint density at radius 1 is 1.10 bits per heavy atom. The molecule has 0 aliphatic heterocycles. The summed E-state index contributed by atoms with van der Waals surface area (Å²) in [5, 5.41) is 3.17. The molecule has 0 spiro atoms. The molecule has 3 aromatic rings. The number of aromatic nitrogens is 2. The third-order valence-electron chi connectivity index (χ3n) is 4.10. The van der Waals surface area contributed by atoms with Crippen LogP contribution in [0.1, 0.15) is 5.56 Å². The first-order chi connectivity index (χ1) is 14.8. The minimum Gasteiger partial charge on any atom is -0.355 e. The van der Waals surface area contributed by atoms with Crippen molar-refractivity contribution in [1.29, 1.82) is 0 Å². The summed E-state index contributed by atoms with van der Waals surface area (Å²) in [6, 6.07) is 13.5. The zero-order valence-electron chi connectivity index (χ0n) is 16.0. The van der Waals surface area contributed by atoms with Crippen LogP contribution in [0.2, 0.25) is 10.0 Å². The molecule has 2 aromatic carbocycles. The highest BCUT2D eigenvalue weighted by Crippen LogP contribution is 2.26. The summed E-state index contributed by atoms with van der Waals surface area (Å²) >= 11 is 12.7. The van der Waals surface area contributed by atoms with E-state index in [1.165, 1.54) is 18.2 Å². The third kappa shape index (κ3) is 6.33. The fourth-order valence-corrected chi connectivity index (χ4v) is 5.24. The number of amides is 1. The molecule has 0 bridgehead atoms. The molecule has 0 radical (unpaired) electrons. The van der Waals surface area contributed by atoms with E-state index in [0.29, 0.717) is 13.0 Å². The van der Waals surface area contributed by atoms with Crippen LogP contribution >= 0.6 is 35.0 Å². The lowest BCUT2D eigenvalue weighted by Gasteiger charge is -2.07. The van der Waals surface area contributed by atoms with Gasteiger partial charge in [-0.3, -0.25) is 9.59 Å². The Kier molecular flexibility index (Phi) is 7.77. The second-order valence-electron chi connectivity index (χ2n) is 6.36. The van der Waals surface area contributed by atoms with Crippen molar-refractivity contribution in [2.45, 2.75) is 21.4 Å². The van der Waals surface area contributed by atoms with E-state index in [1.807, 2.05) is 30.3 Å². The summed E-state index contributed by atoms with van der Waals surface area (Å²) in [4.78, 5) is 29.9. The van der Waals surface area contributed by atoms with Crippen LogP contribution in [0, 0.1) is 0 Å². The van der Waals surface area contributed by atoms with Gasteiger partial charge in [0.05, 0.1) is 16.8 Å². The molecule has 1 amide bonds. The molecule has 1 aromatic heterocycles. The lowest BCUT2D eigenvalue weighted by molar-refractivity contribution is -0.118. The first-order valence-electron chi connectivity index (χ1n) is 8.99. The monoisotopic (exact) mass is 497 g/mol. The van der Waals surface area contributed by atoms with Crippen molar-refractivity contribution in [3.05, 3.63) is 80.7 Å². The van der Waals surface area contributed by atoms with Crippen LogP contribution in [0.4, 0.5) is 0 Å². The minimum atomic E-state index is -4.16. The van der Waals surface area contributed by atoms with E-state index in [0.717, 1.165) is 23.5 Å². The smallest absolute Gasteiger partial charge is 0.270 e. The van der Waals surface area contributed by atoms with Crippen molar-refractivity contribution in [2.75, 3.05) is 12.3 Å². The van der Waals surface area contributed by atoms with Crippen LogP contribution < -0.4 is 10.9 Å². The summed E-state index contributed by atoms with van der Waals surface area (Å²) in [6.45, 7) is 0.479. The fraction of sp³-hybridized carbons (Fsp3) is 0.150. The second-order valence-corrected chi connectivity index (χ2v) is 10.1. The summed E-state index contributed by atoms with van der Waals surface area (Å²) in [7, 11) is -4.16. The van der Waals surface area contributed by atoms with E-state index in [1.54, 1.807) is 0 Å². The number of sulfone groups is 1. The Morgan fingerprint density at radius 3 is 2.42 bits per heavy atom. The highest BCUT2D eigenvalue weighted by Gasteiger charge is 2.23. The molecule has 31 heavy (non-hydrogen) atoms. The second kappa shape index (κ2) is 10.3. The van der Waals surface area contributed by atoms with Crippen LogP contribution in [0.3, 0.4) is 0 Å². The maximum absolute atomic E-state index is 12.7. The number of hydrogen-bond acceptors (Lipinski definition) is 6. The molecule has 1 heterocycles. The maximum atomic E-state index is 12.7. The van der Waals surface area contributed by atoms with Crippen molar-refractivity contribution in [2.24, 2.45) is 0 Å². The average molecular weight is 498 g/mol. The van der Waals surface area contributed by atoms with E-state index in [-0.39, 0.29) is 31.8 Å². The van der Waals surface area contributed by atoms with E-state index in [2.05, 4.69) is 15.3 Å². The molecule has 0 saturated heterocycles. The minimum absolute atomic E-state index is 0.0216. The topological polar surface area (TPSA) is 109 Å².